The highest BCUT2D eigenvalue weighted by atomic mass is 16.1. The van der Waals surface area contributed by atoms with Crippen molar-refractivity contribution in [3.8, 4) is 0 Å². The summed E-state index contributed by atoms with van der Waals surface area (Å²) < 4.78 is 1.86. The van der Waals surface area contributed by atoms with E-state index >= 15 is 0 Å². The Bertz CT molecular complexity index is 1070. The summed E-state index contributed by atoms with van der Waals surface area (Å²) in [6.45, 7) is 12.4. The van der Waals surface area contributed by atoms with Gasteiger partial charge in [0, 0.05) is 11.1 Å². The van der Waals surface area contributed by atoms with Crippen molar-refractivity contribution in [3.63, 3.8) is 0 Å². The average molecular weight is 395 g/mol. The number of piperidine rings is 1. The summed E-state index contributed by atoms with van der Waals surface area (Å²) in [6.07, 6.45) is 2.22. The quantitative estimate of drug-likeness (QED) is 0.736. The number of aromatic amines is 1. The molecule has 7 heteroatoms. The van der Waals surface area contributed by atoms with E-state index in [4.69, 9.17) is 0 Å². The maximum atomic E-state index is 13.2. The Balaban J connectivity index is 1.89. The summed E-state index contributed by atoms with van der Waals surface area (Å²) >= 11 is 0. The molecule has 0 amide bonds. The van der Waals surface area contributed by atoms with Crippen LogP contribution in [-0.4, -0.2) is 43.2 Å². The number of nitrogens with zero attached hydrogens (tertiary/aromatic N) is 5. The minimum absolute atomic E-state index is 0.0755. The van der Waals surface area contributed by atoms with Gasteiger partial charge in [0.25, 0.3) is 5.56 Å². The summed E-state index contributed by atoms with van der Waals surface area (Å²) in [7, 11) is 0. The minimum Gasteiger partial charge on any atom is -0.322 e. The number of tetrazole rings is 1. The second kappa shape index (κ2) is 7.37. The number of nitrogens with one attached hydrogen (secondary N) is 1. The van der Waals surface area contributed by atoms with Crippen LogP contribution >= 0.6 is 0 Å². The van der Waals surface area contributed by atoms with Crippen LogP contribution < -0.4 is 5.56 Å². The normalized spacial score (nSPS) is 17.7. The molecule has 4 rings (SSSR count). The lowest BCUT2D eigenvalue weighted by molar-refractivity contribution is 0.144. The number of hydrogen-bond donors (Lipinski definition) is 1. The molecule has 154 valence electrons. The monoisotopic (exact) mass is 394 g/mol. The van der Waals surface area contributed by atoms with Crippen LogP contribution in [0.2, 0.25) is 0 Å². The van der Waals surface area contributed by atoms with E-state index in [2.05, 4.69) is 66.1 Å². The van der Waals surface area contributed by atoms with Crippen molar-refractivity contribution in [1.29, 1.82) is 0 Å². The van der Waals surface area contributed by atoms with Crippen molar-refractivity contribution in [1.82, 2.24) is 30.1 Å². The summed E-state index contributed by atoms with van der Waals surface area (Å²) in [5.41, 5.74) is 2.37. The van der Waals surface area contributed by atoms with Crippen molar-refractivity contribution in [2.75, 3.05) is 13.1 Å². The van der Waals surface area contributed by atoms with Crippen molar-refractivity contribution in [3.05, 3.63) is 51.6 Å². The Morgan fingerprint density at radius 3 is 2.59 bits per heavy atom. The van der Waals surface area contributed by atoms with Gasteiger partial charge in [-0.3, -0.25) is 9.69 Å². The predicted octanol–water partition coefficient (Wildman–Crippen LogP) is 3.40. The Kier molecular flexibility index (Phi) is 5.02. The molecular weight excluding hydrogens is 364 g/mol. The molecule has 2 aromatic heterocycles. The lowest BCUT2D eigenvalue weighted by Crippen LogP contribution is -2.41. The third-order valence-corrected chi connectivity index (χ3v) is 5.88. The summed E-state index contributed by atoms with van der Waals surface area (Å²) in [4.78, 5) is 18.6. The number of rotatable bonds is 3. The maximum absolute atomic E-state index is 13.2. The first kappa shape index (κ1) is 19.8. The lowest BCUT2D eigenvalue weighted by atomic mass is 9.95. The van der Waals surface area contributed by atoms with E-state index in [0.29, 0.717) is 11.5 Å². The SMILES string of the molecule is Cc1ccc2[nH]c(=O)c([C@H](c3nnnn3C(C)(C)C)N3CCC(C)CC3)cc2c1. The molecule has 29 heavy (non-hydrogen) atoms. The van der Waals surface area contributed by atoms with Gasteiger partial charge in [-0.1, -0.05) is 18.6 Å². The van der Waals surface area contributed by atoms with Crippen LogP contribution in [0.5, 0.6) is 0 Å². The molecular formula is C22H30N6O. The van der Waals surface area contributed by atoms with Crippen LogP contribution in [0, 0.1) is 12.8 Å². The van der Waals surface area contributed by atoms with E-state index in [0.717, 1.165) is 42.7 Å². The summed E-state index contributed by atoms with van der Waals surface area (Å²) in [5, 5.41) is 13.7. The third-order valence-electron chi connectivity index (χ3n) is 5.88. The Morgan fingerprint density at radius 2 is 1.90 bits per heavy atom. The molecule has 0 spiro atoms. The predicted molar refractivity (Wildman–Crippen MR) is 114 cm³/mol. The first-order valence-corrected chi connectivity index (χ1v) is 10.4. The van der Waals surface area contributed by atoms with Crippen LogP contribution in [0.25, 0.3) is 10.9 Å². The van der Waals surface area contributed by atoms with Gasteiger partial charge in [0.15, 0.2) is 5.82 Å². The van der Waals surface area contributed by atoms with Crippen molar-refractivity contribution in [2.45, 2.75) is 59.0 Å². The Morgan fingerprint density at radius 1 is 1.17 bits per heavy atom. The van der Waals surface area contributed by atoms with E-state index in [9.17, 15) is 4.79 Å². The fourth-order valence-corrected chi connectivity index (χ4v) is 4.17. The molecule has 3 aromatic rings. The van der Waals surface area contributed by atoms with Crippen LogP contribution in [-0.2, 0) is 5.54 Å². The molecule has 0 aliphatic carbocycles. The summed E-state index contributed by atoms with van der Waals surface area (Å²) in [5.74, 6) is 1.42. The number of hydrogen-bond acceptors (Lipinski definition) is 5. The number of fused-ring (bicyclic) bond motifs is 1. The molecule has 0 unspecified atom stereocenters. The van der Waals surface area contributed by atoms with Crippen molar-refractivity contribution in [2.24, 2.45) is 5.92 Å². The van der Waals surface area contributed by atoms with Crippen molar-refractivity contribution >= 4 is 10.9 Å². The van der Waals surface area contributed by atoms with E-state index in [-0.39, 0.29) is 17.1 Å². The maximum Gasteiger partial charge on any atom is 0.253 e. The standard InChI is InChI=1S/C22H30N6O/c1-14-8-10-27(11-9-14)19(20-24-25-26-28(20)22(3,4)5)17-13-16-12-15(2)6-7-18(16)23-21(17)29/h6-7,12-14,19H,8-11H2,1-5H3,(H,23,29)/t19-/m1/s1. The van der Waals surface area contributed by atoms with Crippen LogP contribution in [0.4, 0.5) is 0 Å². The van der Waals surface area contributed by atoms with Gasteiger partial charge in [-0.25, -0.2) is 4.68 Å². The Labute approximate surface area is 171 Å². The van der Waals surface area contributed by atoms with Gasteiger partial charge in [-0.15, -0.1) is 5.10 Å². The highest BCUT2D eigenvalue weighted by molar-refractivity contribution is 5.79. The number of aromatic nitrogens is 5. The first-order valence-electron chi connectivity index (χ1n) is 10.4. The third kappa shape index (κ3) is 3.83. The largest absolute Gasteiger partial charge is 0.322 e. The van der Waals surface area contributed by atoms with Gasteiger partial charge in [0.05, 0.1) is 5.54 Å². The first-order chi connectivity index (χ1) is 13.7. The van der Waals surface area contributed by atoms with Gasteiger partial charge in [-0.2, -0.15) is 0 Å². The molecule has 7 nitrogen and oxygen atoms in total. The highest BCUT2D eigenvalue weighted by Crippen LogP contribution is 2.32. The zero-order valence-electron chi connectivity index (χ0n) is 17.9. The zero-order chi connectivity index (χ0) is 20.8. The average Bonchev–Trinajstić information content (AvgIpc) is 3.14. The smallest absolute Gasteiger partial charge is 0.253 e. The lowest BCUT2D eigenvalue weighted by Gasteiger charge is -2.36. The van der Waals surface area contributed by atoms with E-state index in [1.54, 1.807) is 0 Å². The van der Waals surface area contributed by atoms with Crippen LogP contribution in [0.3, 0.4) is 0 Å². The fourth-order valence-electron chi connectivity index (χ4n) is 4.17. The van der Waals surface area contributed by atoms with Gasteiger partial charge < -0.3 is 4.98 Å². The Hall–Kier alpha value is -2.54. The van der Waals surface area contributed by atoms with Gasteiger partial charge in [-0.05, 0) is 93.6 Å². The summed E-state index contributed by atoms with van der Waals surface area (Å²) in [6, 6.07) is 7.83. The molecule has 3 heterocycles. The van der Waals surface area contributed by atoms with Crippen LogP contribution in [0.1, 0.15) is 63.5 Å². The molecule has 1 N–H and O–H groups in total. The fraction of sp³-hybridized carbons (Fsp3) is 0.545. The van der Waals surface area contributed by atoms with Gasteiger partial charge >= 0.3 is 0 Å². The molecule has 1 saturated heterocycles. The molecule has 1 atom stereocenters. The molecule has 1 aromatic carbocycles. The molecule has 0 bridgehead atoms. The zero-order valence-corrected chi connectivity index (χ0v) is 17.9. The number of H-pyrrole nitrogens is 1. The topological polar surface area (TPSA) is 79.7 Å². The van der Waals surface area contributed by atoms with E-state index in [1.807, 2.05) is 22.9 Å². The minimum atomic E-state index is -0.277. The highest BCUT2D eigenvalue weighted by Gasteiger charge is 2.34. The van der Waals surface area contributed by atoms with Gasteiger partial charge in [0.1, 0.15) is 6.04 Å². The molecule has 0 radical (unpaired) electrons. The molecule has 1 aliphatic heterocycles. The van der Waals surface area contributed by atoms with Crippen LogP contribution in [0.15, 0.2) is 29.1 Å². The molecule has 1 fully saturated rings. The molecule has 1 aliphatic rings. The number of likely N-dealkylation sites (tertiary alicyclic amines) is 1. The molecule has 0 saturated carbocycles. The van der Waals surface area contributed by atoms with Gasteiger partial charge in [0.2, 0.25) is 0 Å². The number of aryl methyl sites for hydroxylation is 1. The second-order valence-electron chi connectivity index (χ2n) is 9.39. The van der Waals surface area contributed by atoms with E-state index in [1.165, 1.54) is 5.56 Å². The van der Waals surface area contributed by atoms with E-state index < -0.39 is 0 Å². The van der Waals surface area contributed by atoms with Crippen molar-refractivity contribution < 1.29 is 0 Å². The number of benzene rings is 1. The number of pyridine rings is 1. The second-order valence-corrected chi connectivity index (χ2v) is 9.39.